The SMILES string of the molecule is CCCc1c(N)c(=O)n(CC(C)C)n1CCC. The van der Waals surface area contributed by atoms with Gasteiger partial charge in [0, 0.05) is 13.1 Å². The standard InChI is InChI=1S/C13H25N3O/c1-5-7-11-12(14)13(17)16(9-10(3)4)15(11)8-6-2/h10H,5-9,14H2,1-4H3. The number of nitrogen functional groups attached to an aromatic ring is 1. The van der Waals surface area contributed by atoms with Gasteiger partial charge in [-0.3, -0.25) is 9.48 Å². The fourth-order valence-electron chi connectivity index (χ4n) is 2.15. The van der Waals surface area contributed by atoms with Crippen LogP contribution in [0, 0.1) is 5.92 Å². The maximum Gasteiger partial charge on any atom is 0.290 e. The predicted molar refractivity (Wildman–Crippen MR) is 72.2 cm³/mol. The summed E-state index contributed by atoms with van der Waals surface area (Å²) in [7, 11) is 0. The molecule has 4 nitrogen and oxygen atoms in total. The maximum atomic E-state index is 12.1. The van der Waals surface area contributed by atoms with E-state index in [0.29, 0.717) is 11.6 Å². The molecule has 1 aromatic rings. The zero-order valence-corrected chi connectivity index (χ0v) is 11.5. The predicted octanol–water partition coefficient (Wildman–Crippen LogP) is 2.25. The summed E-state index contributed by atoms with van der Waals surface area (Å²) in [6.45, 7) is 10.1. The van der Waals surface area contributed by atoms with Crippen molar-refractivity contribution in [2.75, 3.05) is 5.73 Å². The highest BCUT2D eigenvalue weighted by Gasteiger charge is 2.16. The van der Waals surface area contributed by atoms with Crippen LogP contribution in [0.25, 0.3) is 0 Å². The zero-order valence-electron chi connectivity index (χ0n) is 11.5. The van der Waals surface area contributed by atoms with E-state index in [1.54, 1.807) is 0 Å². The van der Waals surface area contributed by atoms with E-state index in [-0.39, 0.29) is 5.56 Å². The van der Waals surface area contributed by atoms with Gasteiger partial charge in [0.05, 0.1) is 5.69 Å². The summed E-state index contributed by atoms with van der Waals surface area (Å²) >= 11 is 0. The quantitative estimate of drug-likeness (QED) is 0.827. The molecule has 0 saturated carbocycles. The molecule has 17 heavy (non-hydrogen) atoms. The van der Waals surface area contributed by atoms with Gasteiger partial charge in [-0.15, -0.1) is 0 Å². The lowest BCUT2D eigenvalue weighted by molar-refractivity contribution is 0.377. The average molecular weight is 239 g/mol. The van der Waals surface area contributed by atoms with Gasteiger partial charge in [0.15, 0.2) is 0 Å². The van der Waals surface area contributed by atoms with Gasteiger partial charge in [-0.1, -0.05) is 34.1 Å². The second kappa shape index (κ2) is 5.94. The summed E-state index contributed by atoms with van der Waals surface area (Å²) in [6, 6.07) is 0. The molecule has 0 bridgehead atoms. The highest BCUT2D eigenvalue weighted by Crippen LogP contribution is 2.13. The van der Waals surface area contributed by atoms with Crippen molar-refractivity contribution in [1.82, 2.24) is 9.36 Å². The fourth-order valence-corrected chi connectivity index (χ4v) is 2.15. The van der Waals surface area contributed by atoms with E-state index >= 15 is 0 Å². The molecule has 0 aliphatic rings. The van der Waals surface area contributed by atoms with Gasteiger partial charge in [0.25, 0.3) is 5.56 Å². The van der Waals surface area contributed by atoms with Gasteiger partial charge in [0.2, 0.25) is 0 Å². The highest BCUT2D eigenvalue weighted by atomic mass is 16.1. The summed E-state index contributed by atoms with van der Waals surface area (Å²) in [5.74, 6) is 0.451. The molecule has 0 amide bonds. The highest BCUT2D eigenvalue weighted by molar-refractivity contribution is 5.41. The molecule has 4 heteroatoms. The third-order valence-electron chi connectivity index (χ3n) is 2.84. The van der Waals surface area contributed by atoms with Crippen molar-refractivity contribution < 1.29 is 0 Å². The molecule has 0 aliphatic carbocycles. The molecule has 0 atom stereocenters. The lowest BCUT2D eigenvalue weighted by Gasteiger charge is -2.15. The summed E-state index contributed by atoms with van der Waals surface area (Å²) in [5, 5.41) is 0. The zero-order chi connectivity index (χ0) is 13.0. The molecule has 0 saturated heterocycles. The lowest BCUT2D eigenvalue weighted by Crippen LogP contribution is -2.26. The van der Waals surface area contributed by atoms with Crippen LogP contribution < -0.4 is 11.3 Å². The Morgan fingerprint density at radius 3 is 2.29 bits per heavy atom. The van der Waals surface area contributed by atoms with Gasteiger partial charge < -0.3 is 5.73 Å². The van der Waals surface area contributed by atoms with Crippen LogP contribution in [0.15, 0.2) is 4.79 Å². The van der Waals surface area contributed by atoms with Crippen LogP contribution >= 0.6 is 0 Å². The van der Waals surface area contributed by atoms with E-state index in [0.717, 1.165) is 38.0 Å². The molecule has 1 rings (SSSR count). The third-order valence-corrected chi connectivity index (χ3v) is 2.84. The topological polar surface area (TPSA) is 53.0 Å². The van der Waals surface area contributed by atoms with E-state index in [1.807, 2.05) is 4.68 Å². The second-order valence-electron chi connectivity index (χ2n) is 5.01. The minimum absolute atomic E-state index is 0.0180. The molecule has 98 valence electrons. The number of nitrogens with zero attached hydrogens (tertiary/aromatic N) is 2. The van der Waals surface area contributed by atoms with Crippen molar-refractivity contribution >= 4 is 5.69 Å². The van der Waals surface area contributed by atoms with E-state index in [9.17, 15) is 4.79 Å². The van der Waals surface area contributed by atoms with E-state index < -0.39 is 0 Å². The normalized spacial score (nSPS) is 11.4. The first-order valence-corrected chi connectivity index (χ1v) is 6.60. The van der Waals surface area contributed by atoms with Crippen LogP contribution in [-0.4, -0.2) is 9.36 Å². The number of hydrogen-bond donors (Lipinski definition) is 1. The fraction of sp³-hybridized carbons (Fsp3) is 0.769. The Morgan fingerprint density at radius 2 is 1.82 bits per heavy atom. The van der Waals surface area contributed by atoms with Gasteiger partial charge in [-0.2, -0.15) is 0 Å². The van der Waals surface area contributed by atoms with E-state index in [2.05, 4.69) is 32.4 Å². The van der Waals surface area contributed by atoms with Gasteiger partial charge in [-0.25, -0.2) is 4.68 Å². The molecule has 0 aromatic carbocycles. The summed E-state index contributed by atoms with van der Waals surface area (Å²) < 4.78 is 3.90. The molecule has 0 spiro atoms. The Hall–Kier alpha value is -1.19. The Balaban J connectivity index is 3.25. The van der Waals surface area contributed by atoms with Crippen molar-refractivity contribution in [2.45, 2.75) is 60.0 Å². The number of rotatable bonds is 6. The van der Waals surface area contributed by atoms with Crippen LogP contribution in [0.5, 0.6) is 0 Å². The van der Waals surface area contributed by atoms with Crippen LogP contribution in [0.3, 0.4) is 0 Å². The Kier molecular flexibility index (Phi) is 4.85. The first-order chi connectivity index (χ1) is 8.02. The van der Waals surface area contributed by atoms with Gasteiger partial charge in [0.1, 0.15) is 5.69 Å². The Labute approximate surface area is 103 Å². The van der Waals surface area contributed by atoms with Crippen LogP contribution in [0.4, 0.5) is 5.69 Å². The summed E-state index contributed by atoms with van der Waals surface area (Å²) in [6.07, 6.45) is 2.91. The molecule has 1 aromatic heterocycles. The molecular formula is C13H25N3O. The Bertz CT molecular complexity index is 415. The van der Waals surface area contributed by atoms with Crippen molar-refractivity contribution in [3.63, 3.8) is 0 Å². The number of hydrogen-bond acceptors (Lipinski definition) is 2. The van der Waals surface area contributed by atoms with E-state index in [4.69, 9.17) is 5.73 Å². The second-order valence-corrected chi connectivity index (χ2v) is 5.01. The first-order valence-electron chi connectivity index (χ1n) is 6.60. The molecule has 0 radical (unpaired) electrons. The van der Waals surface area contributed by atoms with Gasteiger partial charge in [-0.05, 0) is 18.8 Å². The van der Waals surface area contributed by atoms with Crippen LogP contribution in [0.1, 0.15) is 46.2 Å². The molecule has 0 aliphatic heterocycles. The maximum absolute atomic E-state index is 12.1. The molecular weight excluding hydrogens is 214 g/mol. The molecule has 2 N–H and O–H groups in total. The number of nitrogens with two attached hydrogens (primary N) is 1. The monoisotopic (exact) mass is 239 g/mol. The lowest BCUT2D eigenvalue weighted by atomic mass is 10.2. The Morgan fingerprint density at radius 1 is 1.18 bits per heavy atom. The van der Waals surface area contributed by atoms with Crippen LogP contribution in [-0.2, 0) is 19.5 Å². The number of anilines is 1. The first kappa shape index (κ1) is 13.9. The third kappa shape index (κ3) is 2.93. The minimum atomic E-state index is -0.0180. The molecule has 0 fully saturated rings. The number of aromatic nitrogens is 2. The summed E-state index contributed by atoms with van der Waals surface area (Å²) in [4.78, 5) is 12.1. The smallest absolute Gasteiger partial charge is 0.290 e. The van der Waals surface area contributed by atoms with Crippen molar-refractivity contribution in [3.8, 4) is 0 Å². The molecule has 1 heterocycles. The van der Waals surface area contributed by atoms with Crippen molar-refractivity contribution in [2.24, 2.45) is 5.92 Å². The summed E-state index contributed by atoms with van der Waals surface area (Å²) in [5.41, 5.74) is 7.38. The van der Waals surface area contributed by atoms with Crippen LogP contribution in [0.2, 0.25) is 0 Å². The van der Waals surface area contributed by atoms with Crippen molar-refractivity contribution in [1.29, 1.82) is 0 Å². The van der Waals surface area contributed by atoms with Crippen molar-refractivity contribution in [3.05, 3.63) is 16.0 Å². The molecule has 0 unspecified atom stereocenters. The van der Waals surface area contributed by atoms with Gasteiger partial charge >= 0.3 is 0 Å². The van der Waals surface area contributed by atoms with E-state index in [1.165, 1.54) is 0 Å². The minimum Gasteiger partial charge on any atom is -0.393 e. The average Bonchev–Trinajstić information content (AvgIpc) is 2.47. The largest absolute Gasteiger partial charge is 0.393 e.